The van der Waals surface area contributed by atoms with E-state index in [4.69, 9.17) is 10.2 Å². The number of aliphatic carboxylic acids is 2. The molecular weight excluding hydrogens is 188 g/mol. The first-order valence-electron chi connectivity index (χ1n) is 4.06. The molecule has 5 nitrogen and oxygen atoms in total. The van der Waals surface area contributed by atoms with Gasteiger partial charge < -0.3 is 10.2 Å². The number of hydrogen-bond acceptors (Lipinski definition) is 3. The van der Waals surface area contributed by atoms with Crippen LogP contribution in [0.15, 0.2) is 0 Å². The van der Waals surface area contributed by atoms with E-state index in [9.17, 15) is 14.4 Å². The Morgan fingerprint density at radius 3 is 1.43 bits per heavy atom. The molecule has 0 radical (unpaired) electrons. The standard InChI is InChI=1S/C9H14O5/c1-8(2,5(10)6(11)12)9(3,4)7(13)14/h1-4H3,(H,11,12)(H,13,14). The zero-order valence-electron chi connectivity index (χ0n) is 8.62. The van der Waals surface area contributed by atoms with E-state index in [1.165, 1.54) is 27.7 Å². The highest BCUT2D eigenvalue weighted by Gasteiger charge is 2.50. The average Bonchev–Trinajstić information content (AvgIpc) is 2.01. The Kier molecular flexibility index (Phi) is 3.06. The first kappa shape index (κ1) is 12.6. The van der Waals surface area contributed by atoms with Crippen molar-refractivity contribution in [1.29, 1.82) is 0 Å². The maximum absolute atomic E-state index is 11.3. The SMILES string of the molecule is CC(C)(C(=O)O)C(C)(C)C(=O)C(=O)O. The predicted octanol–water partition coefficient (Wildman–Crippen LogP) is 0.777. The molecule has 0 atom stereocenters. The molecule has 0 spiro atoms. The third-order valence-electron chi connectivity index (χ3n) is 2.86. The largest absolute Gasteiger partial charge is 0.481 e. The lowest BCUT2D eigenvalue weighted by atomic mass is 9.65. The lowest BCUT2D eigenvalue weighted by Gasteiger charge is -2.34. The van der Waals surface area contributed by atoms with Crippen LogP contribution in [0.5, 0.6) is 0 Å². The van der Waals surface area contributed by atoms with Gasteiger partial charge in [0.15, 0.2) is 0 Å². The molecular formula is C9H14O5. The molecule has 0 fully saturated rings. The van der Waals surface area contributed by atoms with Gasteiger partial charge in [-0.15, -0.1) is 0 Å². The number of hydrogen-bond donors (Lipinski definition) is 2. The molecule has 0 unspecified atom stereocenters. The zero-order valence-corrected chi connectivity index (χ0v) is 8.62. The monoisotopic (exact) mass is 202 g/mol. The predicted molar refractivity (Wildman–Crippen MR) is 47.8 cm³/mol. The van der Waals surface area contributed by atoms with Crippen LogP contribution in [-0.2, 0) is 14.4 Å². The lowest BCUT2D eigenvalue weighted by molar-refractivity contribution is -0.165. The Hall–Kier alpha value is -1.39. The van der Waals surface area contributed by atoms with Crippen LogP contribution in [0.4, 0.5) is 0 Å². The molecule has 0 bridgehead atoms. The quantitative estimate of drug-likeness (QED) is 0.657. The molecule has 14 heavy (non-hydrogen) atoms. The highest BCUT2D eigenvalue weighted by Crippen LogP contribution is 2.39. The van der Waals surface area contributed by atoms with Crippen LogP contribution < -0.4 is 0 Å². The molecule has 0 rings (SSSR count). The van der Waals surface area contributed by atoms with Crippen LogP contribution in [0.2, 0.25) is 0 Å². The fourth-order valence-electron chi connectivity index (χ4n) is 0.818. The van der Waals surface area contributed by atoms with Crippen LogP contribution >= 0.6 is 0 Å². The summed E-state index contributed by atoms with van der Waals surface area (Å²) >= 11 is 0. The minimum Gasteiger partial charge on any atom is -0.481 e. The normalized spacial score (nSPS) is 12.3. The minimum absolute atomic E-state index is 1.09. The number of carboxylic acid groups (broad SMARTS) is 2. The van der Waals surface area contributed by atoms with Crippen LogP contribution in [0.1, 0.15) is 27.7 Å². The minimum atomic E-state index is -1.61. The van der Waals surface area contributed by atoms with Gasteiger partial charge in [0.1, 0.15) is 0 Å². The Labute approximate surface area is 81.7 Å². The number of carbonyl (C=O) groups excluding carboxylic acids is 1. The Balaban J connectivity index is 5.24. The van der Waals surface area contributed by atoms with Gasteiger partial charge in [0, 0.05) is 0 Å². The highest BCUT2D eigenvalue weighted by atomic mass is 16.4. The van der Waals surface area contributed by atoms with E-state index in [1.807, 2.05) is 0 Å². The van der Waals surface area contributed by atoms with Crippen molar-refractivity contribution < 1.29 is 24.6 Å². The molecule has 0 saturated carbocycles. The maximum atomic E-state index is 11.3. The fraction of sp³-hybridized carbons (Fsp3) is 0.667. The molecule has 2 N–H and O–H groups in total. The van der Waals surface area contributed by atoms with Crippen molar-refractivity contribution in [2.75, 3.05) is 0 Å². The summed E-state index contributed by atoms with van der Waals surface area (Å²) in [5, 5.41) is 17.4. The molecule has 0 aromatic heterocycles. The first-order chi connectivity index (χ1) is 6.05. The topological polar surface area (TPSA) is 91.7 Å². The van der Waals surface area contributed by atoms with Crippen LogP contribution in [0, 0.1) is 10.8 Å². The molecule has 0 aliphatic heterocycles. The van der Waals surface area contributed by atoms with Gasteiger partial charge in [-0.1, -0.05) is 13.8 Å². The number of rotatable bonds is 4. The second-order valence-corrected chi connectivity index (χ2v) is 4.19. The van der Waals surface area contributed by atoms with Crippen LogP contribution in [-0.4, -0.2) is 27.9 Å². The van der Waals surface area contributed by atoms with Crippen molar-refractivity contribution in [3.63, 3.8) is 0 Å². The molecule has 0 heterocycles. The first-order valence-corrected chi connectivity index (χ1v) is 4.06. The van der Waals surface area contributed by atoms with Crippen molar-refractivity contribution in [3.05, 3.63) is 0 Å². The zero-order chi connectivity index (χ0) is 11.7. The molecule has 0 saturated heterocycles. The van der Waals surface area contributed by atoms with E-state index in [-0.39, 0.29) is 0 Å². The van der Waals surface area contributed by atoms with E-state index < -0.39 is 28.6 Å². The third-order valence-corrected chi connectivity index (χ3v) is 2.86. The van der Waals surface area contributed by atoms with Crippen molar-refractivity contribution in [2.24, 2.45) is 10.8 Å². The third kappa shape index (κ3) is 1.76. The smallest absolute Gasteiger partial charge is 0.372 e. The average molecular weight is 202 g/mol. The molecule has 5 heteroatoms. The van der Waals surface area contributed by atoms with Crippen molar-refractivity contribution >= 4 is 17.7 Å². The van der Waals surface area contributed by atoms with Gasteiger partial charge in [-0.05, 0) is 13.8 Å². The van der Waals surface area contributed by atoms with E-state index in [1.54, 1.807) is 0 Å². The second kappa shape index (κ2) is 3.40. The van der Waals surface area contributed by atoms with Crippen LogP contribution in [0.25, 0.3) is 0 Å². The molecule has 0 aliphatic carbocycles. The lowest BCUT2D eigenvalue weighted by Crippen LogP contribution is -2.47. The number of carboxylic acids is 2. The van der Waals surface area contributed by atoms with Gasteiger partial charge in [-0.25, -0.2) is 4.79 Å². The van der Waals surface area contributed by atoms with Crippen molar-refractivity contribution in [1.82, 2.24) is 0 Å². The summed E-state index contributed by atoms with van der Waals surface area (Å²) in [7, 11) is 0. The summed E-state index contributed by atoms with van der Waals surface area (Å²) in [5.74, 6) is -3.90. The number of ketones is 1. The second-order valence-electron chi connectivity index (χ2n) is 4.19. The summed E-state index contributed by atoms with van der Waals surface area (Å²) in [5.41, 5.74) is -2.85. The van der Waals surface area contributed by atoms with E-state index in [0.717, 1.165) is 0 Å². The molecule has 0 amide bonds. The number of carbonyl (C=O) groups is 3. The summed E-state index contributed by atoms with van der Waals surface area (Å²) < 4.78 is 0. The van der Waals surface area contributed by atoms with Crippen molar-refractivity contribution in [2.45, 2.75) is 27.7 Å². The summed E-state index contributed by atoms with van der Waals surface area (Å²) in [6, 6.07) is 0. The molecule has 0 aromatic rings. The maximum Gasteiger partial charge on any atom is 0.372 e. The Bertz CT molecular complexity index is 288. The van der Waals surface area contributed by atoms with Crippen LogP contribution in [0.3, 0.4) is 0 Å². The highest BCUT2D eigenvalue weighted by molar-refractivity contribution is 6.35. The fourth-order valence-corrected chi connectivity index (χ4v) is 0.818. The Morgan fingerprint density at radius 2 is 1.21 bits per heavy atom. The van der Waals surface area contributed by atoms with Gasteiger partial charge in [-0.2, -0.15) is 0 Å². The summed E-state index contributed by atoms with van der Waals surface area (Å²) in [6.07, 6.45) is 0. The van der Waals surface area contributed by atoms with E-state index >= 15 is 0 Å². The van der Waals surface area contributed by atoms with Gasteiger partial charge in [-0.3, -0.25) is 9.59 Å². The van der Waals surface area contributed by atoms with Gasteiger partial charge in [0.05, 0.1) is 10.8 Å². The Morgan fingerprint density at radius 1 is 0.857 bits per heavy atom. The van der Waals surface area contributed by atoms with Gasteiger partial charge in [0.2, 0.25) is 5.78 Å². The molecule has 0 aromatic carbocycles. The molecule has 80 valence electrons. The van der Waals surface area contributed by atoms with E-state index in [2.05, 4.69) is 0 Å². The number of Topliss-reactive ketones (excluding diaryl/α,β-unsaturated/α-hetero) is 1. The van der Waals surface area contributed by atoms with Gasteiger partial charge in [0.25, 0.3) is 0 Å². The van der Waals surface area contributed by atoms with E-state index in [0.29, 0.717) is 0 Å². The summed E-state index contributed by atoms with van der Waals surface area (Å²) in [4.78, 5) is 32.6. The summed E-state index contributed by atoms with van der Waals surface area (Å²) in [6.45, 7) is 5.29. The van der Waals surface area contributed by atoms with Crippen molar-refractivity contribution in [3.8, 4) is 0 Å². The van der Waals surface area contributed by atoms with Gasteiger partial charge >= 0.3 is 11.9 Å². The molecule has 0 aliphatic rings.